The first kappa shape index (κ1) is 20.0. The molecule has 31 heavy (non-hydrogen) atoms. The lowest BCUT2D eigenvalue weighted by molar-refractivity contribution is -0.384. The van der Waals surface area contributed by atoms with Crippen LogP contribution in [0.5, 0.6) is 0 Å². The summed E-state index contributed by atoms with van der Waals surface area (Å²) in [6.07, 6.45) is 1.66. The van der Waals surface area contributed by atoms with Crippen LogP contribution in [0.2, 0.25) is 0 Å². The summed E-state index contributed by atoms with van der Waals surface area (Å²) < 4.78 is 1.37. The predicted molar refractivity (Wildman–Crippen MR) is 119 cm³/mol. The Hall–Kier alpha value is -4.33. The average molecular weight is 413 g/mol. The summed E-state index contributed by atoms with van der Waals surface area (Å²) in [4.78, 5) is 32.8. The zero-order chi connectivity index (χ0) is 22.0. The molecule has 2 aromatic carbocycles. The fourth-order valence-corrected chi connectivity index (χ4v) is 3.30. The van der Waals surface area contributed by atoms with Gasteiger partial charge in [-0.1, -0.05) is 36.4 Å². The van der Waals surface area contributed by atoms with Gasteiger partial charge >= 0.3 is 0 Å². The van der Waals surface area contributed by atoms with Gasteiger partial charge < -0.3 is 0 Å². The Labute approximate surface area is 177 Å². The molecule has 2 heterocycles. The van der Waals surface area contributed by atoms with E-state index in [0.29, 0.717) is 28.5 Å². The maximum absolute atomic E-state index is 13.4. The lowest BCUT2D eigenvalue weighted by atomic mass is 10.1. The Morgan fingerprint density at radius 2 is 1.77 bits per heavy atom. The van der Waals surface area contributed by atoms with Crippen molar-refractivity contribution in [1.82, 2.24) is 14.8 Å². The van der Waals surface area contributed by atoms with Crippen LogP contribution < -0.4 is 5.56 Å². The van der Waals surface area contributed by atoms with E-state index in [1.807, 2.05) is 49.4 Å². The molecule has 0 saturated carbocycles. The predicted octanol–water partition coefficient (Wildman–Crippen LogP) is 4.58. The topological polar surface area (TPSA) is 106 Å². The van der Waals surface area contributed by atoms with Gasteiger partial charge in [0.05, 0.1) is 27.6 Å². The van der Waals surface area contributed by atoms with E-state index in [1.165, 1.54) is 28.9 Å². The Kier molecular flexibility index (Phi) is 5.28. The number of aryl methyl sites for hydroxylation is 1. The number of H-pyrrole nitrogens is 1. The fraction of sp³-hybridized carbons (Fsp3) is 0.0870. The average Bonchev–Trinajstić information content (AvgIpc) is 3.13. The molecule has 0 atom stereocenters. The van der Waals surface area contributed by atoms with Gasteiger partial charge in [0.1, 0.15) is 0 Å². The molecule has 0 aliphatic carbocycles. The van der Waals surface area contributed by atoms with Gasteiger partial charge in [0.15, 0.2) is 5.82 Å². The molecule has 0 fully saturated rings. The smallest absolute Gasteiger partial charge is 0.280 e. The highest BCUT2D eigenvalue weighted by Crippen LogP contribution is 2.24. The zero-order valence-corrected chi connectivity index (χ0v) is 16.9. The molecule has 4 aromatic rings. The lowest BCUT2D eigenvalue weighted by Crippen LogP contribution is -2.19. The van der Waals surface area contributed by atoms with Crippen molar-refractivity contribution in [1.29, 1.82) is 0 Å². The van der Waals surface area contributed by atoms with Crippen LogP contribution in [-0.4, -0.2) is 25.4 Å². The SMILES string of the molecule is CC(=Nc1ncccc1C)c1c(-c2ccccc2)[nH]n(-c2ccc([N+](=O)[O-])cc2)c1=O. The van der Waals surface area contributed by atoms with Crippen molar-refractivity contribution in [3.05, 3.63) is 105 Å². The molecule has 0 saturated heterocycles. The summed E-state index contributed by atoms with van der Waals surface area (Å²) in [5.41, 5.74) is 3.39. The van der Waals surface area contributed by atoms with E-state index < -0.39 is 4.92 Å². The van der Waals surface area contributed by atoms with Crippen LogP contribution >= 0.6 is 0 Å². The number of nitrogens with one attached hydrogen (secondary N) is 1. The van der Waals surface area contributed by atoms with Crippen molar-refractivity contribution >= 4 is 17.2 Å². The molecule has 0 spiro atoms. The van der Waals surface area contributed by atoms with Gasteiger partial charge in [-0.15, -0.1) is 0 Å². The lowest BCUT2D eigenvalue weighted by Gasteiger charge is -2.04. The number of hydrogen-bond donors (Lipinski definition) is 1. The first-order valence-corrected chi connectivity index (χ1v) is 9.58. The quantitative estimate of drug-likeness (QED) is 0.293. The Morgan fingerprint density at radius 3 is 2.42 bits per heavy atom. The van der Waals surface area contributed by atoms with Crippen molar-refractivity contribution in [3.8, 4) is 16.9 Å². The van der Waals surface area contributed by atoms with Gasteiger partial charge in [-0.25, -0.2) is 14.7 Å². The molecule has 0 unspecified atom stereocenters. The van der Waals surface area contributed by atoms with Gasteiger partial charge in [0, 0.05) is 23.9 Å². The highest BCUT2D eigenvalue weighted by atomic mass is 16.6. The summed E-state index contributed by atoms with van der Waals surface area (Å²) in [6, 6.07) is 19.0. The fourth-order valence-electron chi connectivity index (χ4n) is 3.30. The maximum atomic E-state index is 13.4. The number of rotatable bonds is 5. The number of nitrogens with zero attached hydrogens (tertiary/aromatic N) is 4. The van der Waals surface area contributed by atoms with E-state index >= 15 is 0 Å². The summed E-state index contributed by atoms with van der Waals surface area (Å²) >= 11 is 0. The van der Waals surface area contributed by atoms with Crippen molar-refractivity contribution in [2.45, 2.75) is 13.8 Å². The number of nitro groups is 1. The van der Waals surface area contributed by atoms with Crippen LogP contribution in [-0.2, 0) is 0 Å². The molecule has 0 bridgehead atoms. The molecule has 4 rings (SSSR count). The normalized spacial score (nSPS) is 11.5. The number of aromatic nitrogens is 3. The second-order valence-electron chi connectivity index (χ2n) is 6.98. The number of aromatic amines is 1. The third-order valence-electron chi connectivity index (χ3n) is 4.89. The first-order chi connectivity index (χ1) is 15.0. The van der Waals surface area contributed by atoms with Crippen LogP contribution in [0.25, 0.3) is 16.9 Å². The Bertz CT molecular complexity index is 1340. The van der Waals surface area contributed by atoms with E-state index in [1.54, 1.807) is 13.1 Å². The first-order valence-electron chi connectivity index (χ1n) is 9.58. The summed E-state index contributed by atoms with van der Waals surface area (Å²) in [5.74, 6) is 0.543. The van der Waals surface area contributed by atoms with Crippen molar-refractivity contribution < 1.29 is 4.92 Å². The van der Waals surface area contributed by atoms with Crippen LogP contribution in [0.1, 0.15) is 18.1 Å². The standard InChI is InChI=1S/C23H19N5O3/c1-15-7-6-14-24-22(15)25-16(2)20-21(17-8-4-3-5-9-17)26-27(23(20)29)18-10-12-19(13-11-18)28(30)31/h3-14,26H,1-2H3. The highest BCUT2D eigenvalue weighted by molar-refractivity contribution is 6.04. The molecular weight excluding hydrogens is 394 g/mol. The molecule has 1 N–H and O–H groups in total. The number of non-ortho nitro benzene ring substituents is 1. The van der Waals surface area contributed by atoms with E-state index in [0.717, 1.165) is 11.1 Å². The minimum absolute atomic E-state index is 0.0461. The summed E-state index contributed by atoms with van der Waals surface area (Å²) in [7, 11) is 0. The third kappa shape index (κ3) is 3.91. The number of hydrogen-bond acceptors (Lipinski definition) is 5. The van der Waals surface area contributed by atoms with Crippen molar-refractivity contribution in [2.75, 3.05) is 0 Å². The zero-order valence-electron chi connectivity index (χ0n) is 16.9. The van der Waals surface area contributed by atoms with E-state index in [2.05, 4.69) is 15.1 Å². The van der Waals surface area contributed by atoms with Crippen LogP contribution in [0.3, 0.4) is 0 Å². The van der Waals surface area contributed by atoms with Crippen molar-refractivity contribution in [2.24, 2.45) is 4.99 Å². The van der Waals surface area contributed by atoms with Crippen LogP contribution in [0.15, 0.2) is 82.7 Å². The Morgan fingerprint density at radius 1 is 1.06 bits per heavy atom. The molecule has 2 aromatic heterocycles. The second kappa shape index (κ2) is 8.19. The second-order valence-corrected chi connectivity index (χ2v) is 6.98. The summed E-state index contributed by atoms with van der Waals surface area (Å²) in [6.45, 7) is 3.68. The van der Waals surface area contributed by atoms with Gasteiger partial charge in [0.2, 0.25) is 0 Å². The number of pyridine rings is 1. The molecule has 0 aliphatic rings. The van der Waals surface area contributed by atoms with E-state index in [4.69, 9.17) is 0 Å². The monoisotopic (exact) mass is 413 g/mol. The molecule has 8 nitrogen and oxygen atoms in total. The molecule has 8 heteroatoms. The summed E-state index contributed by atoms with van der Waals surface area (Å²) in [5, 5.41) is 14.1. The molecular formula is C23H19N5O3. The molecule has 0 aliphatic heterocycles. The number of benzene rings is 2. The van der Waals surface area contributed by atoms with Gasteiger partial charge in [-0.2, -0.15) is 0 Å². The Balaban J connectivity index is 1.90. The minimum Gasteiger partial charge on any atom is -0.290 e. The minimum atomic E-state index is -0.478. The molecule has 0 radical (unpaired) electrons. The van der Waals surface area contributed by atoms with E-state index in [9.17, 15) is 14.9 Å². The van der Waals surface area contributed by atoms with Crippen LogP contribution in [0.4, 0.5) is 11.5 Å². The molecule has 0 amide bonds. The van der Waals surface area contributed by atoms with Crippen molar-refractivity contribution in [3.63, 3.8) is 0 Å². The van der Waals surface area contributed by atoms with Gasteiger partial charge in [0.25, 0.3) is 11.2 Å². The third-order valence-corrected chi connectivity index (χ3v) is 4.89. The largest absolute Gasteiger partial charge is 0.290 e. The van der Waals surface area contributed by atoms with Crippen LogP contribution in [0, 0.1) is 17.0 Å². The van der Waals surface area contributed by atoms with Gasteiger partial charge in [-0.05, 0) is 37.6 Å². The van der Waals surface area contributed by atoms with E-state index in [-0.39, 0.29) is 11.2 Å². The molecule has 154 valence electrons. The van der Waals surface area contributed by atoms with Gasteiger partial charge in [-0.3, -0.25) is 20.0 Å². The number of aliphatic imine (C=N–C) groups is 1. The maximum Gasteiger partial charge on any atom is 0.280 e. The number of nitro benzene ring substituents is 1. The highest BCUT2D eigenvalue weighted by Gasteiger charge is 2.20.